The van der Waals surface area contributed by atoms with Gasteiger partial charge in [-0.1, -0.05) is 13.8 Å². The Bertz CT molecular complexity index is 438. The van der Waals surface area contributed by atoms with Gasteiger partial charge in [0.2, 0.25) is 5.95 Å². The quantitative estimate of drug-likeness (QED) is 0.836. The molecule has 2 aliphatic rings. The van der Waals surface area contributed by atoms with Crippen LogP contribution in [-0.4, -0.2) is 33.8 Å². The Balaban J connectivity index is 1.77. The first-order valence-corrected chi connectivity index (χ1v) is 6.93. The third-order valence-corrected chi connectivity index (χ3v) is 4.64. The van der Waals surface area contributed by atoms with Gasteiger partial charge >= 0.3 is 0 Å². The predicted octanol–water partition coefficient (Wildman–Crippen LogP) is 1.63. The smallest absolute Gasteiger partial charge is 0.245 e. The molecule has 0 spiro atoms. The van der Waals surface area contributed by atoms with E-state index in [0.717, 1.165) is 31.2 Å². The van der Waals surface area contributed by atoms with Gasteiger partial charge in [0.25, 0.3) is 0 Å². The van der Waals surface area contributed by atoms with E-state index in [4.69, 9.17) is 5.73 Å². The summed E-state index contributed by atoms with van der Waals surface area (Å²) in [4.78, 5) is 6.92. The second-order valence-corrected chi connectivity index (χ2v) is 6.51. The van der Waals surface area contributed by atoms with Crippen LogP contribution in [-0.2, 0) is 0 Å². The molecule has 2 fully saturated rings. The number of aromatic nitrogens is 3. The van der Waals surface area contributed by atoms with Gasteiger partial charge in [0.05, 0.1) is 0 Å². The van der Waals surface area contributed by atoms with E-state index in [1.54, 1.807) is 0 Å². The molecule has 1 aliphatic carbocycles. The monoisotopic (exact) mass is 249 g/mol. The number of H-pyrrole nitrogens is 1. The van der Waals surface area contributed by atoms with Crippen molar-refractivity contribution in [2.75, 3.05) is 11.4 Å². The maximum absolute atomic E-state index is 6.12. The van der Waals surface area contributed by atoms with E-state index in [2.05, 4.69) is 40.9 Å². The highest BCUT2D eigenvalue weighted by Crippen LogP contribution is 2.57. The van der Waals surface area contributed by atoms with Crippen LogP contribution in [0.15, 0.2) is 0 Å². The fraction of sp³-hybridized carbons (Fsp3) is 0.846. The van der Waals surface area contributed by atoms with E-state index in [1.165, 1.54) is 6.42 Å². The molecule has 3 rings (SSSR count). The van der Waals surface area contributed by atoms with Crippen molar-refractivity contribution in [3.8, 4) is 0 Å². The van der Waals surface area contributed by atoms with Gasteiger partial charge in [0, 0.05) is 24.5 Å². The van der Waals surface area contributed by atoms with Crippen molar-refractivity contribution in [2.24, 2.45) is 11.1 Å². The van der Waals surface area contributed by atoms with Gasteiger partial charge in [0.15, 0.2) is 0 Å². The lowest BCUT2D eigenvalue weighted by Gasteiger charge is -2.36. The van der Waals surface area contributed by atoms with Gasteiger partial charge in [-0.05, 0) is 31.6 Å². The van der Waals surface area contributed by atoms with Crippen LogP contribution in [0.3, 0.4) is 0 Å². The van der Waals surface area contributed by atoms with E-state index in [-0.39, 0.29) is 6.04 Å². The third kappa shape index (κ3) is 1.90. The Morgan fingerprint density at radius 3 is 2.83 bits per heavy atom. The molecule has 0 radical (unpaired) electrons. The molecule has 5 nitrogen and oxygen atoms in total. The highest BCUT2D eigenvalue weighted by atomic mass is 15.4. The number of piperidine rings is 1. The second-order valence-electron chi connectivity index (χ2n) is 6.51. The summed E-state index contributed by atoms with van der Waals surface area (Å²) >= 11 is 0. The largest absolute Gasteiger partial charge is 0.335 e. The molecule has 1 aromatic heterocycles. The topological polar surface area (TPSA) is 70.8 Å². The minimum Gasteiger partial charge on any atom is -0.335 e. The Hall–Kier alpha value is -1.10. The zero-order chi connectivity index (χ0) is 12.9. The molecule has 1 saturated carbocycles. The summed E-state index contributed by atoms with van der Waals surface area (Å²) in [5, 5.41) is 7.50. The first kappa shape index (κ1) is 12.0. The molecule has 0 bridgehead atoms. The van der Waals surface area contributed by atoms with Crippen molar-refractivity contribution < 1.29 is 0 Å². The average molecular weight is 249 g/mol. The molecular weight excluding hydrogens is 226 g/mol. The van der Waals surface area contributed by atoms with E-state index < -0.39 is 0 Å². The van der Waals surface area contributed by atoms with E-state index in [9.17, 15) is 0 Å². The fourth-order valence-corrected chi connectivity index (χ4v) is 2.94. The molecule has 1 saturated heterocycles. The van der Waals surface area contributed by atoms with Crippen molar-refractivity contribution in [3.05, 3.63) is 5.82 Å². The van der Waals surface area contributed by atoms with E-state index >= 15 is 0 Å². The van der Waals surface area contributed by atoms with Gasteiger partial charge in [-0.15, -0.1) is 5.10 Å². The average Bonchev–Trinajstić information content (AvgIpc) is 2.77. The van der Waals surface area contributed by atoms with Crippen LogP contribution in [0, 0.1) is 5.41 Å². The van der Waals surface area contributed by atoms with Gasteiger partial charge in [-0.2, -0.15) is 4.98 Å². The number of nitrogens with one attached hydrogen (secondary N) is 1. The van der Waals surface area contributed by atoms with Crippen molar-refractivity contribution in [1.82, 2.24) is 15.2 Å². The van der Waals surface area contributed by atoms with Crippen LogP contribution in [0.5, 0.6) is 0 Å². The molecule has 3 unspecified atom stereocenters. The lowest BCUT2D eigenvalue weighted by atomic mass is 9.99. The molecule has 2 heterocycles. The van der Waals surface area contributed by atoms with Crippen LogP contribution in [0.1, 0.15) is 51.8 Å². The Morgan fingerprint density at radius 1 is 1.44 bits per heavy atom. The minimum atomic E-state index is 0.234. The number of nitrogens with zero attached hydrogens (tertiary/aromatic N) is 3. The van der Waals surface area contributed by atoms with Crippen LogP contribution >= 0.6 is 0 Å². The summed E-state index contributed by atoms with van der Waals surface area (Å²) in [6.45, 7) is 7.74. The number of aromatic amines is 1. The SMILES string of the molecule is CC1C(N)CCCN1c1n[nH]c(C2CC2(C)C)n1. The molecule has 18 heavy (non-hydrogen) atoms. The first-order chi connectivity index (χ1) is 8.49. The number of anilines is 1. The number of hydrogen-bond donors (Lipinski definition) is 2. The lowest BCUT2D eigenvalue weighted by Crippen LogP contribution is -2.50. The predicted molar refractivity (Wildman–Crippen MR) is 71.5 cm³/mol. The van der Waals surface area contributed by atoms with Gasteiger partial charge < -0.3 is 10.6 Å². The lowest BCUT2D eigenvalue weighted by molar-refractivity contribution is 0.415. The summed E-state index contributed by atoms with van der Waals surface area (Å²) < 4.78 is 0. The molecule has 0 aromatic carbocycles. The summed E-state index contributed by atoms with van der Waals surface area (Å²) in [7, 11) is 0. The van der Waals surface area contributed by atoms with Crippen molar-refractivity contribution in [1.29, 1.82) is 0 Å². The van der Waals surface area contributed by atoms with Crippen LogP contribution in [0.2, 0.25) is 0 Å². The van der Waals surface area contributed by atoms with Crippen LogP contribution < -0.4 is 10.6 Å². The summed E-state index contributed by atoms with van der Waals surface area (Å²) in [6.07, 6.45) is 3.44. The van der Waals surface area contributed by atoms with Gasteiger partial charge in [-0.3, -0.25) is 5.10 Å². The van der Waals surface area contributed by atoms with Crippen molar-refractivity contribution >= 4 is 5.95 Å². The maximum Gasteiger partial charge on any atom is 0.245 e. The van der Waals surface area contributed by atoms with Crippen LogP contribution in [0.4, 0.5) is 5.95 Å². The zero-order valence-corrected chi connectivity index (χ0v) is 11.5. The molecule has 100 valence electrons. The first-order valence-electron chi connectivity index (χ1n) is 6.93. The molecule has 0 amide bonds. The van der Waals surface area contributed by atoms with Crippen molar-refractivity contribution in [3.63, 3.8) is 0 Å². The molecule has 3 N–H and O–H groups in total. The van der Waals surface area contributed by atoms with E-state index in [0.29, 0.717) is 17.4 Å². The number of hydrogen-bond acceptors (Lipinski definition) is 4. The molecule has 3 atom stereocenters. The minimum absolute atomic E-state index is 0.234. The van der Waals surface area contributed by atoms with Gasteiger partial charge in [-0.25, -0.2) is 0 Å². The highest BCUT2D eigenvalue weighted by molar-refractivity contribution is 5.34. The van der Waals surface area contributed by atoms with Crippen LogP contribution in [0.25, 0.3) is 0 Å². The third-order valence-electron chi connectivity index (χ3n) is 4.64. The Labute approximate surface area is 108 Å². The van der Waals surface area contributed by atoms with Crippen molar-refractivity contribution in [2.45, 2.75) is 58.0 Å². The molecule has 1 aliphatic heterocycles. The summed E-state index contributed by atoms with van der Waals surface area (Å²) in [6, 6.07) is 0.563. The number of rotatable bonds is 2. The Kier molecular flexibility index (Phi) is 2.62. The van der Waals surface area contributed by atoms with E-state index in [1.807, 2.05) is 0 Å². The number of nitrogens with two attached hydrogens (primary N) is 1. The Morgan fingerprint density at radius 2 is 2.17 bits per heavy atom. The second kappa shape index (κ2) is 3.95. The fourth-order valence-electron chi connectivity index (χ4n) is 2.94. The summed E-state index contributed by atoms with van der Waals surface area (Å²) in [5.74, 6) is 2.42. The standard InChI is InChI=1S/C13H23N5/c1-8-10(14)5-4-6-18(8)12-15-11(16-17-12)9-7-13(9,2)3/h8-10H,4-7,14H2,1-3H3,(H,15,16,17). The highest BCUT2D eigenvalue weighted by Gasteiger charge is 2.49. The maximum atomic E-state index is 6.12. The molecular formula is C13H23N5. The van der Waals surface area contributed by atoms with Gasteiger partial charge in [0.1, 0.15) is 5.82 Å². The summed E-state index contributed by atoms with van der Waals surface area (Å²) in [5.41, 5.74) is 6.51. The normalized spacial score (nSPS) is 34.7. The zero-order valence-electron chi connectivity index (χ0n) is 11.5. The molecule has 1 aromatic rings. The molecule has 5 heteroatoms.